The summed E-state index contributed by atoms with van der Waals surface area (Å²) in [6.45, 7) is 6.28. The SMILES string of the molecule is C=CC(=O)N1CCCC(CNC)C1. The van der Waals surface area contributed by atoms with Crippen molar-refractivity contribution < 1.29 is 4.79 Å². The molecule has 74 valence electrons. The van der Waals surface area contributed by atoms with Crippen molar-refractivity contribution in [1.82, 2.24) is 10.2 Å². The lowest BCUT2D eigenvalue weighted by atomic mass is 9.98. The Morgan fingerprint density at radius 1 is 1.77 bits per heavy atom. The molecule has 1 atom stereocenters. The lowest BCUT2D eigenvalue weighted by Crippen LogP contribution is -2.41. The van der Waals surface area contributed by atoms with Gasteiger partial charge in [-0.05, 0) is 38.4 Å². The zero-order valence-corrected chi connectivity index (χ0v) is 8.25. The maximum Gasteiger partial charge on any atom is 0.245 e. The highest BCUT2D eigenvalue weighted by molar-refractivity contribution is 5.87. The monoisotopic (exact) mass is 182 g/mol. The summed E-state index contributed by atoms with van der Waals surface area (Å²) < 4.78 is 0. The molecule has 1 unspecified atom stereocenters. The molecule has 3 nitrogen and oxygen atoms in total. The first-order chi connectivity index (χ1) is 6.27. The van der Waals surface area contributed by atoms with Crippen LogP contribution in [0.5, 0.6) is 0 Å². The molecule has 3 heteroatoms. The van der Waals surface area contributed by atoms with Gasteiger partial charge in [-0.25, -0.2) is 0 Å². The second kappa shape index (κ2) is 5.02. The molecule has 1 heterocycles. The van der Waals surface area contributed by atoms with E-state index in [1.165, 1.54) is 12.5 Å². The topological polar surface area (TPSA) is 32.3 Å². The fraction of sp³-hybridized carbons (Fsp3) is 0.700. The fourth-order valence-electron chi connectivity index (χ4n) is 1.85. The van der Waals surface area contributed by atoms with Crippen molar-refractivity contribution in [3.8, 4) is 0 Å². The Kier molecular flexibility index (Phi) is 3.96. The van der Waals surface area contributed by atoms with Crippen molar-refractivity contribution in [1.29, 1.82) is 0 Å². The van der Waals surface area contributed by atoms with Crippen molar-refractivity contribution in [2.75, 3.05) is 26.7 Å². The van der Waals surface area contributed by atoms with Crippen LogP contribution in [0.2, 0.25) is 0 Å². The molecule has 1 aliphatic rings. The van der Waals surface area contributed by atoms with Crippen LogP contribution >= 0.6 is 0 Å². The van der Waals surface area contributed by atoms with Gasteiger partial charge in [0.05, 0.1) is 0 Å². The number of piperidine rings is 1. The van der Waals surface area contributed by atoms with Gasteiger partial charge >= 0.3 is 0 Å². The minimum Gasteiger partial charge on any atom is -0.339 e. The first kappa shape index (κ1) is 10.3. The average Bonchev–Trinajstić information content (AvgIpc) is 2.18. The molecule has 1 saturated heterocycles. The molecule has 0 spiro atoms. The molecule has 0 aliphatic carbocycles. The van der Waals surface area contributed by atoms with Crippen molar-refractivity contribution in [2.45, 2.75) is 12.8 Å². The quantitative estimate of drug-likeness (QED) is 0.649. The molecular weight excluding hydrogens is 164 g/mol. The van der Waals surface area contributed by atoms with Gasteiger partial charge in [0.2, 0.25) is 5.91 Å². The summed E-state index contributed by atoms with van der Waals surface area (Å²) in [4.78, 5) is 13.2. The third-order valence-corrected chi connectivity index (χ3v) is 2.50. The third kappa shape index (κ3) is 2.84. The van der Waals surface area contributed by atoms with E-state index in [0.717, 1.165) is 26.1 Å². The Hall–Kier alpha value is -0.830. The fourth-order valence-corrected chi connectivity index (χ4v) is 1.85. The Morgan fingerprint density at radius 3 is 3.15 bits per heavy atom. The largest absolute Gasteiger partial charge is 0.339 e. The Bertz CT molecular complexity index is 189. The summed E-state index contributed by atoms with van der Waals surface area (Å²) in [5.41, 5.74) is 0. The van der Waals surface area contributed by atoms with Crippen LogP contribution in [0.3, 0.4) is 0 Å². The summed E-state index contributed by atoms with van der Waals surface area (Å²) in [7, 11) is 1.95. The lowest BCUT2D eigenvalue weighted by Gasteiger charge is -2.31. The van der Waals surface area contributed by atoms with E-state index in [4.69, 9.17) is 0 Å². The van der Waals surface area contributed by atoms with E-state index in [9.17, 15) is 4.79 Å². The molecule has 1 rings (SSSR count). The highest BCUT2D eigenvalue weighted by atomic mass is 16.2. The molecule has 0 saturated carbocycles. The predicted octanol–water partition coefficient (Wildman–Crippen LogP) is 0.630. The van der Waals surface area contributed by atoms with E-state index >= 15 is 0 Å². The average molecular weight is 182 g/mol. The Morgan fingerprint density at radius 2 is 2.54 bits per heavy atom. The number of carbonyl (C=O) groups is 1. The minimum absolute atomic E-state index is 0.0702. The van der Waals surface area contributed by atoms with Gasteiger partial charge in [0.15, 0.2) is 0 Å². The van der Waals surface area contributed by atoms with E-state index in [2.05, 4.69) is 11.9 Å². The molecule has 1 amide bonds. The predicted molar refractivity (Wildman–Crippen MR) is 53.4 cm³/mol. The standard InChI is InChI=1S/C10H18N2O/c1-3-10(13)12-6-4-5-9(8-12)7-11-2/h3,9,11H,1,4-8H2,2H3. The van der Waals surface area contributed by atoms with Gasteiger partial charge in [-0.2, -0.15) is 0 Å². The molecule has 1 fully saturated rings. The van der Waals surface area contributed by atoms with Crippen LogP contribution in [0.1, 0.15) is 12.8 Å². The normalized spacial score (nSPS) is 22.8. The molecule has 0 bridgehead atoms. The highest BCUT2D eigenvalue weighted by Crippen LogP contribution is 2.15. The van der Waals surface area contributed by atoms with Gasteiger partial charge in [0, 0.05) is 13.1 Å². The number of nitrogens with zero attached hydrogens (tertiary/aromatic N) is 1. The number of nitrogens with one attached hydrogen (secondary N) is 1. The first-order valence-corrected chi connectivity index (χ1v) is 4.84. The second-order valence-corrected chi connectivity index (χ2v) is 3.55. The molecule has 0 aromatic heterocycles. The van der Waals surface area contributed by atoms with Crippen LogP contribution in [0, 0.1) is 5.92 Å². The molecular formula is C10H18N2O. The molecule has 0 radical (unpaired) electrons. The van der Waals surface area contributed by atoms with Gasteiger partial charge in [-0.3, -0.25) is 4.79 Å². The van der Waals surface area contributed by atoms with Crippen molar-refractivity contribution in [3.05, 3.63) is 12.7 Å². The zero-order chi connectivity index (χ0) is 9.68. The van der Waals surface area contributed by atoms with Crippen LogP contribution < -0.4 is 5.32 Å². The van der Waals surface area contributed by atoms with E-state index < -0.39 is 0 Å². The molecule has 0 aromatic rings. The summed E-state index contributed by atoms with van der Waals surface area (Å²) in [5.74, 6) is 0.684. The van der Waals surface area contributed by atoms with Gasteiger partial charge < -0.3 is 10.2 Å². The number of hydrogen-bond acceptors (Lipinski definition) is 2. The van der Waals surface area contributed by atoms with Gasteiger partial charge in [0.1, 0.15) is 0 Å². The lowest BCUT2D eigenvalue weighted by molar-refractivity contribution is -0.127. The maximum absolute atomic E-state index is 11.3. The van der Waals surface area contributed by atoms with Gasteiger partial charge in [-0.1, -0.05) is 6.58 Å². The van der Waals surface area contributed by atoms with E-state index in [1.54, 1.807) is 0 Å². The molecule has 1 aliphatic heterocycles. The van der Waals surface area contributed by atoms with Crippen LogP contribution in [0.4, 0.5) is 0 Å². The van der Waals surface area contributed by atoms with E-state index in [-0.39, 0.29) is 5.91 Å². The number of rotatable bonds is 3. The summed E-state index contributed by atoms with van der Waals surface area (Å²) in [6.07, 6.45) is 3.75. The third-order valence-electron chi connectivity index (χ3n) is 2.50. The summed E-state index contributed by atoms with van der Waals surface area (Å²) in [6, 6.07) is 0. The molecule has 13 heavy (non-hydrogen) atoms. The van der Waals surface area contributed by atoms with Gasteiger partial charge in [0.25, 0.3) is 0 Å². The van der Waals surface area contributed by atoms with Crippen LogP contribution in [0.15, 0.2) is 12.7 Å². The van der Waals surface area contributed by atoms with Crippen molar-refractivity contribution >= 4 is 5.91 Å². The van der Waals surface area contributed by atoms with Crippen LogP contribution in [0.25, 0.3) is 0 Å². The number of hydrogen-bond donors (Lipinski definition) is 1. The van der Waals surface area contributed by atoms with Crippen LogP contribution in [-0.4, -0.2) is 37.5 Å². The van der Waals surface area contributed by atoms with Crippen LogP contribution in [-0.2, 0) is 4.79 Å². The number of carbonyl (C=O) groups excluding carboxylic acids is 1. The second-order valence-electron chi connectivity index (χ2n) is 3.55. The van der Waals surface area contributed by atoms with Gasteiger partial charge in [-0.15, -0.1) is 0 Å². The molecule has 1 N–H and O–H groups in total. The number of amides is 1. The van der Waals surface area contributed by atoms with E-state index in [0.29, 0.717) is 5.92 Å². The van der Waals surface area contributed by atoms with Crippen molar-refractivity contribution in [2.24, 2.45) is 5.92 Å². The number of likely N-dealkylation sites (tertiary alicyclic amines) is 1. The van der Waals surface area contributed by atoms with Crippen molar-refractivity contribution in [3.63, 3.8) is 0 Å². The maximum atomic E-state index is 11.3. The highest BCUT2D eigenvalue weighted by Gasteiger charge is 2.21. The van der Waals surface area contributed by atoms with E-state index in [1.807, 2.05) is 11.9 Å². The Labute approximate surface area is 79.8 Å². The summed E-state index contributed by atoms with van der Waals surface area (Å²) in [5, 5.41) is 3.15. The smallest absolute Gasteiger partial charge is 0.245 e. The summed E-state index contributed by atoms with van der Waals surface area (Å²) >= 11 is 0. The molecule has 0 aromatic carbocycles. The first-order valence-electron chi connectivity index (χ1n) is 4.84. The Balaban J connectivity index is 2.41. The minimum atomic E-state index is 0.0702. The zero-order valence-electron chi connectivity index (χ0n) is 8.25.